The van der Waals surface area contributed by atoms with Crippen molar-refractivity contribution in [3.8, 4) is 6.07 Å². The van der Waals surface area contributed by atoms with Gasteiger partial charge >= 0.3 is 0 Å². The Morgan fingerprint density at radius 2 is 2.10 bits per heavy atom. The molecular formula is C15H23N3O2. The molecule has 110 valence electrons. The van der Waals surface area contributed by atoms with E-state index in [9.17, 15) is 14.9 Å². The average molecular weight is 277 g/mol. The fraction of sp³-hybridized carbons (Fsp3) is 0.667. The van der Waals surface area contributed by atoms with Gasteiger partial charge in [0, 0.05) is 6.54 Å². The minimum absolute atomic E-state index is 0.0274. The van der Waals surface area contributed by atoms with Crippen LogP contribution in [0.3, 0.4) is 0 Å². The van der Waals surface area contributed by atoms with E-state index in [1.807, 2.05) is 0 Å². The van der Waals surface area contributed by atoms with Crippen LogP contribution in [0, 0.1) is 17.2 Å². The van der Waals surface area contributed by atoms with Gasteiger partial charge in [0.2, 0.25) is 11.8 Å². The van der Waals surface area contributed by atoms with Crippen LogP contribution in [0.1, 0.15) is 39.5 Å². The molecule has 1 saturated carbocycles. The van der Waals surface area contributed by atoms with E-state index in [-0.39, 0.29) is 18.4 Å². The Balaban J connectivity index is 2.62. The maximum absolute atomic E-state index is 12.1. The number of nitrogens with one attached hydrogen (secondary N) is 1. The Bertz CT molecular complexity index is 417. The van der Waals surface area contributed by atoms with Crippen LogP contribution in [0.4, 0.5) is 0 Å². The molecule has 20 heavy (non-hydrogen) atoms. The van der Waals surface area contributed by atoms with Crippen LogP contribution < -0.4 is 5.32 Å². The Labute approximate surface area is 120 Å². The smallest absolute Gasteiger partial charge is 0.246 e. The predicted octanol–water partition coefficient (Wildman–Crippen LogP) is 1.61. The Morgan fingerprint density at radius 3 is 2.55 bits per heavy atom. The number of amides is 2. The standard InChI is InChI=1S/C15H23N3O2/c1-4-14(20)18(5-2)10-13(19)17-15(11-16)8-6-12(3)7-9-15/h4,12H,1,5-10H2,2-3H3,(H,17,19). The van der Waals surface area contributed by atoms with Crippen LogP contribution in [0.25, 0.3) is 0 Å². The highest BCUT2D eigenvalue weighted by Crippen LogP contribution is 2.31. The van der Waals surface area contributed by atoms with Gasteiger partial charge in [0.1, 0.15) is 5.54 Å². The first-order valence-corrected chi connectivity index (χ1v) is 7.10. The van der Waals surface area contributed by atoms with E-state index in [1.54, 1.807) is 6.92 Å². The third kappa shape index (κ3) is 4.09. The van der Waals surface area contributed by atoms with E-state index in [0.29, 0.717) is 25.3 Å². The van der Waals surface area contributed by atoms with Crippen molar-refractivity contribution >= 4 is 11.8 Å². The topological polar surface area (TPSA) is 73.2 Å². The summed E-state index contributed by atoms with van der Waals surface area (Å²) in [7, 11) is 0. The van der Waals surface area contributed by atoms with Gasteiger partial charge in [-0.25, -0.2) is 0 Å². The van der Waals surface area contributed by atoms with Crippen LogP contribution in [0.5, 0.6) is 0 Å². The first-order valence-electron chi connectivity index (χ1n) is 7.10. The molecule has 0 bridgehead atoms. The summed E-state index contributed by atoms with van der Waals surface area (Å²) in [5.41, 5.74) is -0.764. The second kappa shape index (κ2) is 7.09. The SMILES string of the molecule is C=CC(=O)N(CC)CC(=O)NC1(C#N)CCC(C)CC1. The minimum Gasteiger partial charge on any atom is -0.336 e. The van der Waals surface area contributed by atoms with E-state index in [1.165, 1.54) is 11.0 Å². The van der Waals surface area contributed by atoms with Gasteiger partial charge in [-0.2, -0.15) is 5.26 Å². The molecule has 1 fully saturated rings. The van der Waals surface area contributed by atoms with Gasteiger partial charge < -0.3 is 10.2 Å². The van der Waals surface area contributed by atoms with Crippen LogP contribution in [0.2, 0.25) is 0 Å². The third-order valence-electron chi connectivity index (χ3n) is 3.92. The van der Waals surface area contributed by atoms with Crippen molar-refractivity contribution in [1.82, 2.24) is 10.2 Å². The van der Waals surface area contributed by atoms with Gasteiger partial charge in [-0.05, 0) is 44.6 Å². The number of nitrogens with zero attached hydrogens (tertiary/aromatic N) is 2. The largest absolute Gasteiger partial charge is 0.336 e. The van der Waals surface area contributed by atoms with E-state index in [4.69, 9.17) is 0 Å². The molecule has 0 radical (unpaired) electrons. The van der Waals surface area contributed by atoms with Gasteiger partial charge in [-0.15, -0.1) is 0 Å². The Kier molecular flexibility index (Phi) is 5.75. The van der Waals surface area contributed by atoms with Crippen LogP contribution in [-0.4, -0.2) is 35.3 Å². The normalized spacial score (nSPS) is 25.4. The van der Waals surface area contributed by atoms with Crippen LogP contribution in [-0.2, 0) is 9.59 Å². The summed E-state index contributed by atoms with van der Waals surface area (Å²) in [6.07, 6.45) is 4.43. The number of carbonyl (C=O) groups is 2. The fourth-order valence-electron chi connectivity index (χ4n) is 2.47. The lowest BCUT2D eigenvalue weighted by Crippen LogP contribution is -2.52. The van der Waals surface area contributed by atoms with E-state index >= 15 is 0 Å². The van der Waals surface area contributed by atoms with E-state index in [0.717, 1.165) is 12.8 Å². The number of hydrogen-bond donors (Lipinski definition) is 1. The molecule has 5 heteroatoms. The zero-order valence-electron chi connectivity index (χ0n) is 12.3. The zero-order chi connectivity index (χ0) is 15.2. The lowest BCUT2D eigenvalue weighted by Gasteiger charge is -2.34. The Hall–Kier alpha value is -1.83. The monoisotopic (exact) mass is 277 g/mol. The number of hydrogen-bond acceptors (Lipinski definition) is 3. The van der Waals surface area contributed by atoms with Crippen molar-refractivity contribution in [2.75, 3.05) is 13.1 Å². The minimum atomic E-state index is -0.764. The maximum Gasteiger partial charge on any atom is 0.246 e. The molecule has 1 aliphatic rings. The molecule has 2 amide bonds. The number of likely N-dealkylation sites (N-methyl/N-ethyl adjacent to an activating group) is 1. The van der Waals surface area contributed by atoms with Crippen molar-refractivity contribution in [2.45, 2.75) is 45.1 Å². The quantitative estimate of drug-likeness (QED) is 0.776. The molecule has 0 aromatic heterocycles. The highest BCUT2D eigenvalue weighted by Gasteiger charge is 2.35. The van der Waals surface area contributed by atoms with E-state index in [2.05, 4.69) is 24.9 Å². The molecule has 0 aromatic carbocycles. The second-order valence-electron chi connectivity index (χ2n) is 5.48. The van der Waals surface area contributed by atoms with Crippen LogP contribution >= 0.6 is 0 Å². The van der Waals surface area contributed by atoms with E-state index < -0.39 is 5.54 Å². The summed E-state index contributed by atoms with van der Waals surface area (Å²) in [5, 5.41) is 12.2. The number of nitriles is 1. The highest BCUT2D eigenvalue weighted by molar-refractivity contribution is 5.91. The third-order valence-corrected chi connectivity index (χ3v) is 3.92. The molecule has 0 aromatic rings. The van der Waals surface area contributed by atoms with Crippen molar-refractivity contribution in [2.24, 2.45) is 5.92 Å². The van der Waals surface area contributed by atoms with Crippen molar-refractivity contribution in [3.05, 3.63) is 12.7 Å². The summed E-state index contributed by atoms with van der Waals surface area (Å²) < 4.78 is 0. The molecule has 0 aliphatic heterocycles. The number of carbonyl (C=O) groups excluding carboxylic acids is 2. The van der Waals surface area contributed by atoms with Gasteiger partial charge in [0.15, 0.2) is 0 Å². The lowest BCUT2D eigenvalue weighted by atomic mass is 9.78. The molecule has 0 spiro atoms. The van der Waals surface area contributed by atoms with Gasteiger partial charge in [-0.1, -0.05) is 13.5 Å². The summed E-state index contributed by atoms with van der Waals surface area (Å²) in [5.74, 6) is 0.0481. The van der Waals surface area contributed by atoms with Gasteiger partial charge in [0.25, 0.3) is 0 Å². The first kappa shape index (κ1) is 16.2. The fourth-order valence-corrected chi connectivity index (χ4v) is 2.47. The molecule has 1 N–H and O–H groups in total. The first-order chi connectivity index (χ1) is 9.46. The molecule has 0 unspecified atom stereocenters. The maximum atomic E-state index is 12.1. The highest BCUT2D eigenvalue weighted by atomic mass is 16.2. The molecule has 0 heterocycles. The summed E-state index contributed by atoms with van der Waals surface area (Å²) >= 11 is 0. The molecule has 1 rings (SSSR count). The summed E-state index contributed by atoms with van der Waals surface area (Å²) in [6, 6.07) is 2.25. The summed E-state index contributed by atoms with van der Waals surface area (Å²) in [4.78, 5) is 25.0. The molecule has 5 nitrogen and oxygen atoms in total. The number of rotatable bonds is 5. The average Bonchev–Trinajstić information content (AvgIpc) is 2.46. The molecular weight excluding hydrogens is 254 g/mol. The lowest BCUT2D eigenvalue weighted by molar-refractivity contribution is -0.133. The summed E-state index contributed by atoms with van der Waals surface area (Å²) in [6.45, 7) is 7.79. The Morgan fingerprint density at radius 1 is 1.50 bits per heavy atom. The van der Waals surface area contributed by atoms with Crippen LogP contribution in [0.15, 0.2) is 12.7 Å². The zero-order valence-corrected chi connectivity index (χ0v) is 12.3. The molecule has 1 aliphatic carbocycles. The molecule has 0 atom stereocenters. The second-order valence-corrected chi connectivity index (χ2v) is 5.48. The molecule has 0 saturated heterocycles. The van der Waals surface area contributed by atoms with Gasteiger partial charge in [-0.3, -0.25) is 9.59 Å². The van der Waals surface area contributed by atoms with Crippen molar-refractivity contribution < 1.29 is 9.59 Å². The van der Waals surface area contributed by atoms with Crippen molar-refractivity contribution in [3.63, 3.8) is 0 Å². The predicted molar refractivity (Wildman–Crippen MR) is 76.6 cm³/mol. The van der Waals surface area contributed by atoms with Crippen molar-refractivity contribution in [1.29, 1.82) is 5.26 Å². The van der Waals surface area contributed by atoms with Gasteiger partial charge in [0.05, 0.1) is 12.6 Å².